The maximum atomic E-state index is 11.8. The van der Waals surface area contributed by atoms with Crippen LogP contribution in [0.25, 0.3) is 0 Å². The Kier molecular flexibility index (Phi) is 3.35. The molecule has 0 aliphatic heterocycles. The van der Waals surface area contributed by atoms with E-state index in [0.29, 0.717) is 16.5 Å². The number of aryl methyl sites for hydroxylation is 1. The SMILES string of the molecule is Cc1cnc(Cl)cc1NC(=O)c1ccccn1. The van der Waals surface area contributed by atoms with Gasteiger partial charge in [0.1, 0.15) is 10.8 Å². The topological polar surface area (TPSA) is 54.9 Å². The van der Waals surface area contributed by atoms with E-state index >= 15 is 0 Å². The first-order chi connectivity index (χ1) is 8.16. The van der Waals surface area contributed by atoms with E-state index in [0.717, 1.165) is 5.56 Å². The number of hydrogen-bond acceptors (Lipinski definition) is 3. The predicted octanol–water partition coefficient (Wildman–Crippen LogP) is 2.69. The summed E-state index contributed by atoms with van der Waals surface area (Å²) >= 11 is 5.77. The van der Waals surface area contributed by atoms with Crippen molar-refractivity contribution in [2.24, 2.45) is 0 Å². The van der Waals surface area contributed by atoms with E-state index in [4.69, 9.17) is 11.6 Å². The molecule has 4 nitrogen and oxygen atoms in total. The number of anilines is 1. The highest BCUT2D eigenvalue weighted by Crippen LogP contribution is 2.18. The maximum absolute atomic E-state index is 11.8. The van der Waals surface area contributed by atoms with Crippen LogP contribution in [-0.4, -0.2) is 15.9 Å². The molecule has 2 heterocycles. The van der Waals surface area contributed by atoms with E-state index in [1.807, 2.05) is 6.92 Å². The van der Waals surface area contributed by atoms with Crippen LogP contribution < -0.4 is 5.32 Å². The molecule has 17 heavy (non-hydrogen) atoms. The smallest absolute Gasteiger partial charge is 0.274 e. The van der Waals surface area contributed by atoms with Gasteiger partial charge < -0.3 is 5.32 Å². The van der Waals surface area contributed by atoms with Crippen LogP contribution >= 0.6 is 11.6 Å². The molecule has 0 radical (unpaired) electrons. The Morgan fingerprint density at radius 3 is 2.88 bits per heavy atom. The number of amides is 1. The van der Waals surface area contributed by atoms with Gasteiger partial charge in [0, 0.05) is 18.1 Å². The Labute approximate surface area is 104 Å². The fourth-order valence-electron chi connectivity index (χ4n) is 1.32. The van der Waals surface area contributed by atoms with Crippen molar-refractivity contribution < 1.29 is 4.79 Å². The number of rotatable bonds is 2. The summed E-state index contributed by atoms with van der Waals surface area (Å²) in [6, 6.07) is 6.77. The van der Waals surface area contributed by atoms with Gasteiger partial charge >= 0.3 is 0 Å². The van der Waals surface area contributed by atoms with Crippen molar-refractivity contribution in [3.05, 3.63) is 53.1 Å². The molecule has 86 valence electrons. The lowest BCUT2D eigenvalue weighted by Crippen LogP contribution is -2.14. The third-order valence-corrected chi connectivity index (χ3v) is 2.42. The zero-order valence-electron chi connectivity index (χ0n) is 9.14. The number of carbonyl (C=O) groups is 1. The van der Waals surface area contributed by atoms with Crippen molar-refractivity contribution in [3.63, 3.8) is 0 Å². The van der Waals surface area contributed by atoms with Crippen molar-refractivity contribution in [1.29, 1.82) is 0 Å². The van der Waals surface area contributed by atoms with E-state index < -0.39 is 0 Å². The molecule has 0 bridgehead atoms. The molecule has 2 aromatic rings. The van der Waals surface area contributed by atoms with E-state index in [1.165, 1.54) is 0 Å². The molecule has 0 aliphatic rings. The third kappa shape index (κ3) is 2.79. The van der Waals surface area contributed by atoms with Crippen LogP contribution in [0.2, 0.25) is 5.15 Å². The minimum absolute atomic E-state index is 0.268. The van der Waals surface area contributed by atoms with Gasteiger partial charge in [-0.3, -0.25) is 9.78 Å². The summed E-state index contributed by atoms with van der Waals surface area (Å²) in [4.78, 5) is 19.7. The first-order valence-corrected chi connectivity index (χ1v) is 5.39. The van der Waals surface area contributed by atoms with Gasteiger partial charge in [-0.1, -0.05) is 17.7 Å². The molecule has 0 saturated heterocycles. The molecule has 2 aromatic heterocycles. The molecule has 0 spiro atoms. The van der Waals surface area contributed by atoms with Crippen molar-refractivity contribution in [2.75, 3.05) is 5.32 Å². The van der Waals surface area contributed by atoms with Crippen LogP contribution in [0.1, 0.15) is 16.1 Å². The summed E-state index contributed by atoms with van der Waals surface area (Å²) in [6.45, 7) is 1.84. The van der Waals surface area contributed by atoms with Gasteiger partial charge in [-0.25, -0.2) is 4.98 Å². The maximum Gasteiger partial charge on any atom is 0.274 e. The molecule has 0 unspecified atom stereocenters. The van der Waals surface area contributed by atoms with Gasteiger partial charge in [0.05, 0.1) is 0 Å². The number of hydrogen-bond donors (Lipinski definition) is 1. The number of carbonyl (C=O) groups excluding carboxylic acids is 1. The highest BCUT2D eigenvalue weighted by molar-refractivity contribution is 6.29. The average Bonchev–Trinajstić information content (AvgIpc) is 2.35. The van der Waals surface area contributed by atoms with E-state index in [1.54, 1.807) is 36.7 Å². The Hall–Kier alpha value is -1.94. The van der Waals surface area contributed by atoms with Crippen LogP contribution in [0.15, 0.2) is 36.7 Å². The lowest BCUT2D eigenvalue weighted by molar-refractivity contribution is 0.102. The quantitative estimate of drug-likeness (QED) is 0.830. The van der Waals surface area contributed by atoms with E-state index in [2.05, 4.69) is 15.3 Å². The van der Waals surface area contributed by atoms with Crippen LogP contribution in [0.4, 0.5) is 5.69 Å². The van der Waals surface area contributed by atoms with Crippen molar-refractivity contribution in [1.82, 2.24) is 9.97 Å². The second-order valence-corrected chi connectivity index (χ2v) is 3.88. The number of nitrogens with zero attached hydrogens (tertiary/aromatic N) is 2. The van der Waals surface area contributed by atoms with Gasteiger partial charge in [-0.2, -0.15) is 0 Å². The molecule has 0 aliphatic carbocycles. The normalized spacial score (nSPS) is 10.0. The molecule has 1 amide bonds. The molecule has 0 fully saturated rings. The van der Waals surface area contributed by atoms with Crippen molar-refractivity contribution in [2.45, 2.75) is 6.92 Å². The molecule has 0 saturated carbocycles. The van der Waals surface area contributed by atoms with E-state index in [-0.39, 0.29) is 5.91 Å². The van der Waals surface area contributed by atoms with Crippen LogP contribution in [0.5, 0.6) is 0 Å². The Bertz CT molecular complexity index is 543. The number of pyridine rings is 2. The van der Waals surface area contributed by atoms with E-state index in [9.17, 15) is 4.79 Å². The second-order valence-electron chi connectivity index (χ2n) is 3.49. The largest absolute Gasteiger partial charge is 0.320 e. The molecule has 1 N–H and O–H groups in total. The standard InChI is InChI=1S/C12H10ClN3O/c1-8-7-15-11(13)6-10(8)16-12(17)9-4-2-3-5-14-9/h2-7H,1H3,(H,15,16,17). The fraction of sp³-hybridized carbons (Fsp3) is 0.0833. The van der Waals surface area contributed by atoms with Gasteiger partial charge in [0.25, 0.3) is 5.91 Å². The highest BCUT2D eigenvalue weighted by atomic mass is 35.5. The van der Waals surface area contributed by atoms with Gasteiger partial charge in [-0.15, -0.1) is 0 Å². The molecule has 5 heteroatoms. The van der Waals surface area contributed by atoms with Crippen molar-refractivity contribution >= 4 is 23.2 Å². The fourth-order valence-corrected chi connectivity index (χ4v) is 1.47. The van der Waals surface area contributed by atoms with Gasteiger partial charge in [-0.05, 0) is 30.7 Å². The molecule has 0 atom stereocenters. The molecule has 2 rings (SSSR count). The lowest BCUT2D eigenvalue weighted by atomic mass is 10.2. The minimum atomic E-state index is -0.268. The predicted molar refractivity (Wildman–Crippen MR) is 66.2 cm³/mol. The summed E-state index contributed by atoms with van der Waals surface area (Å²) in [5.74, 6) is -0.268. The number of nitrogens with one attached hydrogen (secondary N) is 1. The first-order valence-electron chi connectivity index (χ1n) is 5.01. The van der Waals surface area contributed by atoms with Crippen LogP contribution in [0, 0.1) is 6.92 Å². The molecule has 0 aromatic carbocycles. The molecular formula is C12H10ClN3O. The van der Waals surface area contributed by atoms with Crippen molar-refractivity contribution in [3.8, 4) is 0 Å². The van der Waals surface area contributed by atoms with Crippen LogP contribution in [-0.2, 0) is 0 Å². The summed E-state index contributed by atoms with van der Waals surface area (Å²) < 4.78 is 0. The van der Waals surface area contributed by atoms with Gasteiger partial charge in [0.15, 0.2) is 0 Å². The second kappa shape index (κ2) is 4.93. The Morgan fingerprint density at radius 1 is 1.35 bits per heavy atom. The highest BCUT2D eigenvalue weighted by Gasteiger charge is 2.08. The minimum Gasteiger partial charge on any atom is -0.320 e. The Morgan fingerprint density at radius 2 is 2.18 bits per heavy atom. The number of halogens is 1. The monoisotopic (exact) mass is 247 g/mol. The Balaban J connectivity index is 2.22. The zero-order valence-corrected chi connectivity index (χ0v) is 9.90. The summed E-state index contributed by atoms with van der Waals surface area (Å²) in [5.41, 5.74) is 1.85. The first kappa shape index (κ1) is 11.5. The third-order valence-electron chi connectivity index (χ3n) is 2.22. The number of aromatic nitrogens is 2. The summed E-state index contributed by atoms with van der Waals surface area (Å²) in [6.07, 6.45) is 3.18. The van der Waals surface area contributed by atoms with Crippen LogP contribution in [0.3, 0.4) is 0 Å². The molecular weight excluding hydrogens is 238 g/mol. The lowest BCUT2D eigenvalue weighted by Gasteiger charge is -2.07. The van der Waals surface area contributed by atoms with Gasteiger partial charge in [0.2, 0.25) is 0 Å². The summed E-state index contributed by atoms with van der Waals surface area (Å²) in [5, 5.41) is 3.08. The zero-order chi connectivity index (χ0) is 12.3. The average molecular weight is 248 g/mol. The summed E-state index contributed by atoms with van der Waals surface area (Å²) in [7, 11) is 0.